The van der Waals surface area contributed by atoms with Crippen LogP contribution in [-0.2, 0) is 17.8 Å². The van der Waals surface area contributed by atoms with Crippen molar-refractivity contribution in [1.29, 1.82) is 0 Å². The molecule has 1 unspecified atom stereocenters. The van der Waals surface area contributed by atoms with Crippen LogP contribution in [0.25, 0.3) is 0 Å². The Morgan fingerprint density at radius 3 is 3.10 bits per heavy atom. The van der Waals surface area contributed by atoms with Gasteiger partial charge in [-0.25, -0.2) is 0 Å². The fourth-order valence-electron chi connectivity index (χ4n) is 3.17. The zero-order valence-electron chi connectivity index (χ0n) is 13.8. The third-order valence-electron chi connectivity index (χ3n) is 4.19. The van der Waals surface area contributed by atoms with Crippen LogP contribution in [0.1, 0.15) is 31.2 Å². The van der Waals surface area contributed by atoms with E-state index in [0.29, 0.717) is 0 Å². The number of hydrogen-bond donors (Lipinski definition) is 1. The van der Waals surface area contributed by atoms with Crippen molar-refractivity contribution in [3.8, 4) is 0 Å². The van der Waals surface area contributed by atoms with Gasteiger partial charge in [0, 0.05) is 33.3 Å². The maximum atomic E-state index is 5.08. The van der Waals surface area contributed by atoms with E-state index < -0.39 is 0 Å². The largest absolute Gasteiger partial charge is 0.383 e. The summed E-state index contributed by atoms with van der Waals surface area (Å²) in [6, 6.07) is 2.23. The summed E-state index contributed by atoms with van der Waals surface area (Å²) in [6.45, 7) is 11.5. The standard InChI is InChI=1S/C16H30N4O/c1-4-20-16(10-14(2)18-20)13-19-8-5-6-15(12-19)11-17-7-9-21-3/h10,15,17H,4-9,11-13H2,1-3H3. The van der Waals surface area contributed by atoms with E-state index in [1.807, 2.05) is 0 Å². The van der Waals surface area contributed by atoms with Crippen LogP contribution in [0.5, 0.6) is 0 Å². The Kier molecular flexibility index (Phi) is 6.67. The van der Waals surface area contributed by atoms with Gasteiger partial charge in [-0.2, -0.15) is 5.10 Å². The molecule has 5 nitrogen and oxygen atoms in total. The van der Waals surface area contributed by atoms with Gasteiger partial charge >= 0.3 is 0 Å². The van der Waals surface area contributed by atoms with Crippen molar-refractivity contribution < 1.29 is 4.74 Å². The van der Waals surface area contributed by atoms with Crippen LogP contribution in [0.3, 0.4) is 0 Å². The van der Waals surface area contributed by atoms with E-state index in [-0.39, 0.29) is 0 Å². The fourth-order valence-corrected chi connectivity index (χ4v) is 3.17. The zero-order valence-corrected chi connectivity index (χ0v) is 13.8. The van der Waals surface area contributed by atoms with E-state index in [1.54, 1.807) is 7.11 Å². The molecule has 1 N–H and O–H groups in total. The lowest BCUT2D eigenvalue weighted by molar-refractivity contribution is 0.156. The second kappa shape index (κ2) is 8.51. The van der Waals surface area contributed by atoms with E-state index in [1.165, 1.54) is 31.6 Å². The van der Waals surface area contributed by atoms with Crippen LogP contribution in [0.15, 0.2) is 6.07 Å². The second-order valence-corrected chi connectivity index (χ2v) is 6.03. The van der Waals surface area contributed by atoms with Gasteiger partial charge in [-0.15, -0.1) is 0 Å². The maximum absolute atomic E-state index is 5.08. The molecule has 1 fully saturated rings. The van der Waals surface area contributed by atoms with Crippen molar-refractivity contribution in [2.75, 3.05) is 39.9 Å². The van der Waals surface area contributed by atoms with Crippen LogP contribution in [0, 0.1) is 12.8 Å². The Labute approximate surface area is 128 Å². The Bertz CT molecular complexity index is 418. The summed E-state index contributed by atoms with van der Waals surface area (Å²) in [5.74, 6) is 0.759. The van der Waals surface area contributed by atoms with Gasteiger partial charge in [0.25, 0.3) is 0 Å². The van der Waals surface area contributed by atoms with Crippen molar-refractivity contribution >= 4 is 0 Å². The monoisotopic (exact) mass is 294 g/mol. The molecule has 1 aromatic rings. The highest BCUT2D eigenvalue weighted by Crippen LogP contribution is 2.18. The van der Waals surface area contributed by atoms with Gasteiger partial charge in [-0.1, -0.05) is 0 Å². The van der Waals surface area contributed by atoms with Gasteiger partial charge in [-0.3, -0.25) is 9.58 Å². The molecule has 1 aliphatic heterocycles. The summed E-state index contributed by atoms with van der Waals surface area (Å²) in [4.78, 5) is 2.58. The van der Waals surface area contributed by atoms with Crippen molar-refractivity contribution in [3.63, 3.8) is 0 Å². The van der Waals surface area contributed by atoms with E-state index >= 15 is 0 Å². The third kappa shape index (κ3) is 5.09. The van der Waals surface area contributed by atoms with Crippen LogP contribution >= 0.6 is 0 Å². The summed E-state index contributed by atoms with van der Waals surface area (Å²) in [5.41, 5.74) is 2.48. The first-order chi connectivity index (χ1) is 10.2. The number of nitrogens with one attached hydrogen (secondary N) is 1. The number of ether oxygens (including phenoxy) is 1. The lowest BCUT2D eigenvalue weighted by Gasteiger charge is -2.32. The van der Waals surface area contributed by atoms with Crippen LogP contribution in [0.4, 0.5) is 0 Å². The quantitative estimate of drug-likeness (QED) is 0.741. The first kappa shape index (κ1) is 16.5. The smallest absolute Gasteiger partial charge is 0.0597 e. The molecule has 21 heavy (non-hydrogen) atoms. The summed E-state index contributed by atoms with van der Waals surface area (Å²) in [6.07, 6.45) is 2.64. The SMILES string of the molecule is CCn1nc(C)cc1CN1CCCC(CNCCOC)C1. The van der Waals surface area contributed by atoms with Gasteiger partial charge in [0.05, 0.1) is 18.0 Å². The molecule has 0 saturated carbocycles. The van der Waals surface area contributed by atoms with Gasteiger partial charge in [0.1, 0.15) is 0 Å². The highest BCUT2D eigenvalue weighted by molar-refractivity contribution is 5.09. The third-order valence-corrected chi connectivity index (χ3v) is 4.19. The molecule has 0 aliphatic carbocycles. The van der Waals surface area contributed by atoms with Crippen molar-refractivity contribution in [3.05, 3.63) is 17.5 Å². The molecule has 0 bridgehead atoms. The number of likely N-dealkylation sites (tertiary alicyclic amines) is 1. The molecule has 0 amide bonds. The highest BCUT2D eigenvalue weighted by Gasteiger charge is 2.20. The minimum Gasteiger partial charge on any atom is -0.383 e. The predicted molar refractivity (Wildman–Crippen MR) is 85.4 cm³/mol. The van der Waals surface area contributed by atoms with Crippen LogP contribution in [-0.4, -0.2) is 54.6 Å². The van der Waals surface area contributed by atoms with Gasteiger partial charge in [0.2, 0.25) is 0 Å². The summed E-state index contributed by atoms with van der Waals surface area (Å²) >= 11 is 0. The number of methoxy groups -OCH3 is 1. The highest BCUT2D eigenvalue weighted by atomic mass is 16.5. The zero-order chi connectivity index (χ0) is 15.1. The number of piperidine rings is 1. The minimum absolute atomic E-state index is 0.759. The number of nitrogens with zero attached hydrogens (tertiary/aromatic N) is 3. The lowest BCUT2D eigenvalue weighted by atomic mass is 9.98. The molecule has 0 radical (unpaired) electrons. The molecule has 120 valence electrons. The molecule has 1 saturated heterocycles. The Morgan fingerprint density at radius 1 is 1.48 bits per heavy atom. The predicted octanol–water partition coefficient (Wildman–Crippen LogP) is 1.66. The summed E-state index contributed by atoms with van der Waals surface area (Å²) in [5, 5.41) is 8.05. The number of aryl methyl sites for hydroxylation is 2. The number of aromatic nitrogens is 2. The molecule has 5 heteroatoms. The molecule has 1 aromatic heterocycles. The number of hydrogen-bond acceptors (Lipinski definition) is 4. The van der Waals surface area contributed by atoms with E-state index in [4.69, 9.17) is 4.74 Å². The average molecular weight is 294 g/mol. The normalized spacial score (nSPS) is 20.0. The summed E-state index contributed by atoms with van der Waals surface area (Å²) < 4.78 is 7.21. The van der Waals surface area contributed by atoms with Crippen molar-refractivity contribution in [1.82, 2.24) is 20.0 Å². The van der Waals surface area contributed by atoms with Gasteiger partial charge < -0.3 is 10.1 Å². The molecular formula is C16H30N4O. The summed E-state index contributed by atoms with van der Waals surface area (Å²) in [7, 11) is 1.75. The Morgan fingerprint density at radius 2 is 2.33 bits per heavy atom. The first-order valence-electron chi connectivity index (χ1n) is 8.18. The van der Waals surface area contributed by atoms with Crippen LogP contribution < -0.4 is 5.32 Å². The molecule has 0 aromatic carbocycles. The van der Waals surface area contributed by atoms with E-state index in [9.17, 15) is 0 Å². The van der Waals surface area contributed by atoms with Crippen molar-refractivity contribution in [2.24, 2.45) is 5.92 Å². The fraction of sp³-hybridized carbons (Fsp3) is 0.812. The molecular weight excluding hydrogens is 264 g/mol. The van der Waals surface area contributed by atoms with E-state index in [2.05, 4.69) is 39.9 Å². The molecule has 2 rings (SSSR count). The van der Waals surface area contributed by atoms with Gasteiger partial charge in [-0.05, 0) is 51.8 Å². The molecule has 2 heterocycles. The van der Waals surface area contributed by atoms with Gasteiger partial charge in [0.15, 0.2) is 0 Å². The molecule has 1 atom stereocenters. The Balaban J connectivity index is 1.80. The maximum Gasteiger partial charge on any atom is 0.0597 e. The lowest BCUT2D eigenvalue weighted by Crippen LogP contribution is -2.40. The molecule has 1 aliphatic rings. The average Bonchev–Trinajstić information content (AvgIpc) is 2.84. The topological polar surface area (TPSA) is 42.3 Å². The molecule has 0 spiro atoms. The van der Waals surface area contributed by atoms with E-state index in [0.717, 1.165) is 44.4 Å². The minimum atomic E-state index is 0.759. The van der Waals surface area contributed by atoms with Crippen LogP contribution in [0.2, 0.25) is 0 Å². The first-order valence-corrected chi connectivity index (χ1v) is 8.18. The Hall–Kier alpha value is -0.910. The number of rotatable bonds is 8. The van der Waals surface area contributed by atoms with Crippen molar-refractivity contribution in [2.45, 2.75) is 39.8 Å². The second-order valence-electron chi connectivity index (χ2n) is 6.03.